The first-order valence-corrected chi connectivity index (χ1v) is 5.98. The summed E-state index contributed by atoms with van der Waals surface area (Å²) in [7, 11) is 1.64. The Bertz CT molecular complexity index is 583. The fourth-order valence-corrected chi connectivity index (χ4v) is 2.37. The first-order chi connectivity index (χ1) is 8.61. The Labute approximate surface area is 108 Å². The SMILES string of the molecule is CNc1cccc(Sc2nc(C)co2)c1[N+](=O)[O-]. The molecule has 2 aromatic rings. The minimum absolute atomic E-state index is 0.0286. The molecule has 0 saturated carbocycles. The lowest BCUT2D eigenvalue weighted by molar-refractivity contribution is -0.386. The van der Waals surface area contributed by atoms with Gasteiger partial charge in [0.15, 0.2) is 0 Å². The zero-order valence-electron chi connectivity index (χ0n) is 9.84. The van der Waals surface area contributed by atoms with Crippen molar-refractivity contribution < 1.29 is 9.34 Å². The number of aromatic nitrogens is 1. The van der Waals surface area contributed by atoms with Crippen molar-refractivity contribution in [2.24, 2.45) is 0 Å². The Morgan fingerprint density at radius 3 is 2.83 bits per heavy atom. The molecule has 0 bridgehead atoms. The molecule has 6 nitrogen and oxygen atoms in total. The van der Waals surface area contributed by atoms with Gasteiger partial charge < -0.3 is 9.73 Å². The van der Waals surface area contributed by atoms with Crippen LogP contribution in [-0.4, -0.2) is 17.0 Å². The number of nitrogens with one attached hydrogen (secondary N) is 1. The van der Waals surface area contributed by atoms with Crippen LogP contribution < -0.4 is 5.32 Å². The van der Waals surface area contributed by atoms with Crippen molar-refractivity contribution in [2.45, 2.75) is 17.0 Å². The second-order valence-corrected chi connectivity index (χ2v) is 4.51. The third-order valence-electron chi connectivity index (χ3n) is 2.25. The van der Waals surface area contributed by atoms with Gasteiger partial charge in [0.2, 0.25) is 0 Å². The van der Waals surface area contributed by atoms with Gasteiger partial charge in [-0.05, 0) is 30.8 Å². The Hall–Kier alpha value is -2.02. The van der Waals surface area contributed by atoms with Gasteiger partial charge in [-0.25, -0.2) is 4.98 Å². The summed E-state index contributed by atoms with van der Waals surface area (Å²) in [5.74, 6) is 0. The lowest BCUT2D eigenvalue weighted by Crippen LogP contribution is -1.98. The molecular weight excluding hydrogens is 254 g/mol. The van der Waals surface area contributed by atoms with Crippen LogP contribution in [0, 0.1) is 17.0 Å². The number of para-hydroxylation sites is 1. The van der Waals surface area contributed by atoms with Gasteiger partial charge in [-0.3, -0.25) is 10.1 Å². The van der Waals surface area contributed by atoms with Crippen LogP contribution in [0.2, 0.25) is 0 Å². The maximum absolute atomic E-state index is 11.1. The number of hydrogen-bond acceptors (Lipinski definition) is 6. The van der Waals surface area contributed by atoms with Crippen LogP contribution in [0.15, 0.2) is 39.0 Å². The predicted molar refractivity (Wildman–Crippen MR) is 68.0 cm³/mol. The Kier molecular flexibility index (Phi) is 3.52. The minimum atomic E-state index is -0.413. The topological polar surface area (TPSA) is 81.2 Å². The monoisotopic (exact) mass is 265 g/mol. The van der Waals surface area contributed by atoms with Gasteiger partial charge in [-0.15, -0.1) is 0 Å². The molecule has 0 spiro atoms. The van der Waals surface area contributed by atoms with E-state index in [1.54, 1.807) is 32.2 Å². The molecule has 7 heteroatoms. The average molecular weight is 265 g/mol. The molecule has 0 fully saturated rings. The van der Waals surface area contributed by atoms with Gasteiger partial charge in [0.25, 0.3) is 5.22 Å². The molecule has 0 unspecified atom stereocenters. The molecule has 94 valence electrons. The van der Waals surface area contributed by atoms with Crippen molar-refractivity contribution in [3.05, 3.63) is 40.3 Å². The van der Waals surface area contributed by atoms with Gasteiger partial charge >= 0.3 is 5.69 Å². The molecule has 0 amide bonds. The molecular formula is C11H11N3O3S. The molecule has 1 heterocycles. The smallest absolute Gasteiger partial charge is 0.306 e. The van der Waals surface area contributed by atoms with E-state index in [4.69, 9.17) is 4.42 Å². The molecule has 0 atom stereocenters. The highest BCUT2D eigenvalue weighted by Gasteiger charge is 2.21. The van der Waals surface area contributed by atoms with E-state index in [0.29, 0.717) is 15.8 Å². The van der Waals surface area contributed by atoms with Crippen molar-refractivity contribution in [1.82, 2.24) is 4.98 Å². The number of hydrogen-bond donors (Lipinski definition) is 1. The first kappa shape index (κ1) is 12.4. The summed E-state index contributed by atoms with van der Waals surface area (Å²) in [5, 5.41) is 14.3. The number of rotatable bonds is 4. The van der Waals surface area contributed by atoms with Crippen LogP contribution in [0.3, 0.4) is 0 Å². The van der Waals surface area contributed by atoms with Gasteiger partial charge in [0.05, 0.1) is 15.5 Å². The Balaban J connectivity index is 2.41. The maximum atomic E-state index is 11.1. The van der Waals surface area contributed by atoms with E-state index in [0.717, 1.165) is 17.5 Å². The zero-order chi connectivity index (χ0) is 13.1. The number of oxazole rings is 1. The molecule has 1 N–H and O–H groups in total. The van der Waals surface area contributed by atoms with E-state index in [1.165, 1.54) is 6.26 Å². The highest BCUT2D eigenvalue weighted by Crippen LogP contribution is 2.38. The summed E-state index contributed by atoms with van der Waals surface area (Å²) >= 11 is 1.13. The van der Waals surface area contributed by atoms with Crippen molar-refractivity contribution in [2.75, 3.05) is 12.4 Å². The van der Waals surface area contributed by atoms with E-state index in [9.17, 15) is 10.1 Å². The number of nitrogens with zero attached hydrogens (tertiary/aromatic N) is 2. The predicted octanol–water partition coefficient (Wildman–Crippen LogP) is 3.08. The fourth-order valence-electron chi connectivity index (χ4n) is 1.47. The molecule has 0 aliphatic heterocycles. The number of benzene rings is 1. The van der Waals surface area contributed by atoms with E-state index < -0.39 is 4.92 Å². The molecule has 18 heavy (non-hydrogen) atoms. The molecule has 1 aromatic heterocycles. The van der Waals surface area contributed by atoms with Crippen LogP contribution in [0.1, 0.15) is 5.69 Å². The molecule has 0 radical (unpaired) electrons. The summed E-state index contributed by atoms with van der Waals surface area (Å²) in [6.45, 7) is 1.80. The number of anilines is 1. The lowest BCUT2D eigenvalue weighted by Gasteiger charge is -2.05. The van der Waals surface area contributed by atoms with Crippen molar-refractivity contribution >= 4 is 23.1 Å². The second-order valence-electron chi connectivity index (χ2n) is 3.52. The van der Waals surface area contributed by atoms with Crippen LogP contribution in [0.5, 0.6) is 0 Å². The zero-order valence-corrected chi connectivity index (χ0v) is 10.7. The summed E-state index contributed by atoms with van der Waals surface area (Å²) in [4.78, 5) is 15.3. The average Bonchev–Trinajstić information content (AvgIpc) is 2.74. The molecule has 2 rings (SSSR count). The molecule has 0 aliphatic rings. The van der Waals surface area contributed by atoms with Crippen molar-refractivity contribution in [1.29, 1.82) is 0 Å². The second kappa shape index (κ2) is 5.09. The van der Waals surface area contributed by atoms with E-state index >= 15 is 0 Å². The summed E-state index contributed by atoms with van der Waals surface area (Å²) < 4.78 is 5.19. The normalized spacial score (nSPS) is 10.3. The molecule has 1 aromatic carbocycles. The van der Waals surface area contributed by atoms with Gasteiger partial charge in [0, 0.05) is 7.05 Å². The maximum Gasteiger partial charge on any atom is 0.306 e. The number of nitro groups is 1. The molecule has 0 aliphatic carbocycles. The third kappa shape index (κ3) is 2.45. The van der Waals surface area contributed by atoms with Crippen molar-refractivity contribution in [3.63, 3.8) is 0 Å². The largest absolute Gasteiger partial charge is 0.439 e. The van der Waals surface area contributed by atoms with E-state index in [-0.39, 0.29) is 5.69 Å². The Morgan fingerprint density at radius 2 is 2.28 bits per heavy atom. The van der Waals surface area contributed by atoms with Gasteiger partial charge in [-0.1, -0.05) is 6.07 Å². The molecule has 0 saturated heterocycles. The summed E-state index contributed by atoms with van der Waals surface area (Å²) in [5.41, 5.74) is 1.24. The van der Waals surface area contributed by atoms with Crippen LogP contribution in [-0.2, 0) is 0 Å². The van der Waals surface area contributed by atoms with Crippen LogP contribution in [0.4, 0.5) is 11.4 Å². The van der Waals surface area contributed by atoms with E-state index in [1.807, 2.05) is 0 Å². The van der Waals surface area contributed by atoms with Gasteiger partial charge in [0.1, 0.15) is 12.0 Å². The van der Waals surface area contributed by atoms with Crippen LogP contribution in [0.25, 0.3) is 0 Å². The van der Waals surface area contributed by atoms with E-state index in [2.05, 4.69) is 10.3 Å². The first-order valence-electron chi connectivity index (χ1n) is 5.17. The highest BCUT2D eigenvalue weighted by molar-refractivity contribution is 7.99. The standard InChI is InChI=1S/C11H11N3O3S/c1-7-6-17-11(13-7)18-9-5-3-4-8(12-2)10(9)14(15)16/h3-6,12H,1-2H3. The van der Waals surface area contributed by atoms with Crippen molar-refractivity contribution in [3.8, 4) is 0 Å². The fraction of sp³-hybridized carbons (Fsp3) is 0.182. The lowest BCUT2D eigenvalue weighted by atomic mass is 10.3. The summed E-state index contributed by atoms with van der Waals surface area (Å²) in [6.07, 6.45) is 1.51. The Morgan fingerprint density at radius 1 is 1.50 bits per heavy atom. The third-order valence-corrected chi connectivity index (χ3v) is 3.16. The number of nitro benzene ring substituents is 1. The quantitative estimate of drug-likeness (QED) is 0.675. The highest BCUT2D eigenvalue weighted by atomic mass is 32.2. The summed E-state index contributed by atoms with van der Waals surface area (Å²) in [6, 6.07) is 5.07. The minimum Gasteiger partial charge on any atom is -0.439 e. The van der Waals surface area contributed by atoms with Crippen LogP contribution >= 0.6 is 11.8 Å². The number of aryl methyl sites for hydroxylation is 1. The van der Waals surface area contributed by atoms with Gasteiger partial charge in [-0.2, -0.15) is 0 Å².